The molecule has 2 amide bonds. The van der Waals surface area contributed by atoms with Crippen molar-refractivity contribution in [3.8, 4) is 0 Å². The summed E-state index contributed by atoms with van der Waals surface area (Å²) in [6, 6.07) is -0.581. The van der Waals surface area contributed by atoms with Crippen LogP contribution in [-0.2, 0) is 14.4 Å². The largest absolute Gasteiger partial charge is 0.479 e. The number of hydrogen-bond acceptors (Lipinski definition) is 4. The van der Waals surface area contributed by atoms with E-state index < -0.39 is 17.6 Å². The molecule has 0 aromatic carbocycles. The number of carboxylic acid groups (broad SMARTS) is 1. The maximum atomic E-state index is 12.8. The van der Waals surface area contributed by atoms with Gasteiger partial charge in [0, 0.05) is 17.7 Å². The van der Waals surface area contributed by atoms with Gasteiger partial charge in [-0.05, 0) is 43.9 Å². The smallest absolute Gasteiger partial charge is 0.330 e. The molecule has 7 nitrogen and oxygen atoms in total. The van der Waals surface area contributed by atoms with Crippen molar-refractivity contribution in [2.75, 3.05) is 13.1 Å². The quantitative estimate of drug-likeness (QED) is 0.626. The highest BCUT2D eigenvalue weighted by Crippen LogP contribution is 2.73. The third kappa shape index (κ3) is 3.82. The van der Waals surface area contributed by atoms with Gasteiger partial charge in [-0.2, -0.15) is 0 Å². The molecule has 3 aliphatic rings. The zero-order valence-electron chi connectivity index (χ0n) is 16.6. The molecule has 1 unspecified atom stereocenters. The number of hydrogen-bond donors (Lipinski definition) is 3. The van der Waals surface area contributed by atoms with Crippen LogP contribution in [0.15, 0.2) is 12.3 Å². The summed E-state index contributed by atoms with van der Waals surface area (Å²) in [5, 5.41) is 15.4. The molecule has 2 saturated carbocycles. The van der Waals surface area contributed by atoms with Crippen molar-refractivity contribution in [1.82, 2.24) is 15.5 Å². The minimum Gasteiger partial charge on any atom is -0.479 e. The van der Waals surface area contributed by atoms with Crippen molar-refractivity contribution in [2.24, 2.45) is 10.8 Å². The van der Waals surface area contributed by atoms with Gasteiger partial charge < -0.3 is 20.6 Å². The van der Waals surface area contributed by atoms with Crippen molar-refractivity contribution >= 4 is 17.8 Å². The molecule has 2 atom stereocenters. The molecule has 0 bridgehead atoms. The van der Waals surface area contributed by atoms with Gasteiger partial charge in [0.25, 0.3) is 0 Å². The minimum atomic E-state index is -1.11. The van der Waals surface area contributed by atoms with E-state index in [1.807, 2.05) is 0 Å². The predicted octanol–water partition coefficient (Wildman–Crippen LogP) is 1.64. The van der Waals surface area contributed by atoms with Crippen LogP contribution in [0.4, 0.5) is 0 Å². The lowest BCUT2D eigenvalue weighted by atomic mass is 9.91. The number of allylic oxidation sites excluding steroid dienone is 1. The van der Waals surface area contributed by atoms with E-state index in [9.17, 15) is 19.5 Å². The van der Waals surface area contributed by atoms with Crippen molar-refractivity contribution in [3.63, 3.8) is 0 Å². The standard InChI is InChI=1S/C20H31N3O4/c1-13(10-18(2,3)4)21-11-15(24)23-9-5-6-14(23)16(25)22-20(17(26)27)12-19(20)7-8-19/h14,21H,1,5-12H2,2-4H3,(H,22,25)(H,26,27)/t14-,20?/m0/s1. The van der Waals surface area contributed by atoms with Gasteiger partial charge in [-0.1, -0.05) is 27.4 Å². The van der Waals surface area contributed by atoms with Crippen molar-refractivity contribution in [1.29, 1.82) is 0 Å². The number of likely N-dealkylation sites (tertiary alicyclic amines) is 1. The van der Waals surface area contributed by atoms with Crippen LogP contribution >= 0.6 is 0 Å². The fourth-order valence-electron chi connectivity index (χ4n) is 4.39. The summed E-state index contributed by atoms with van der Waals surface area (Å²) < 4.78 is 0. The van der Waals surface area contributed by atoms with Crippen LogP contribution in [0.1, 0.15) is 59.3 Å². The zero-order chi connectivity index (χ0) is 20.0. The monoisotopic (exact) mass is 377 g/mol. The number of carbonyl (C=O) groups is 3. The Hall–Kier alpha value is -2.05. The zero-order valence-corrected chi connectivity index (χ0v) is 16.6. The van der Waals surface area contributed by atoms with Crippen LogP contribution in [-0.4, -0.2) is 52.5 Å². The topological polar surface area (TPSA) is 98.7 Å². The summed E-state index contributed by atoms with van der Waals surface area (Å²) in [5.41, 5.74) is -0.457. The summed E-state index contributed by atoms with van der Waals surface area (Å²) >= 11 is 0. The predicted molar refractivity (Wildman–Crippen MR) is 101 cm³/mol. The number of aliphatic carboxylic acids is 1. The van der Waals surface area contributed by atoms with E-state index in [2.05, 4.69) is 38.0 Å². The summed E-state index contributed by atoms with van der Waals surface area (Å²) in [6.45, 7) is 10.9. The van der Waals surface area contributed by atoms with E-state index in [-0.39, 0.29) is 29.2 Å². The molecule has 0 radical (unpaired) electrons. The summed E-state index contributed by atoms with van der Waals surface area (Å²) in [6.07, 6.45) is 4.30. The maximum Gasteiger partial charge on any atom is 0.330 e. The summed E-state index contributed by atoms with van der Waals surface area (Å²) in [5.74, 6) is -1.44. The van der Waals surface area contributed by atoms with E-state index in [1.165, 1.54) is 0 Å². The number of rotatable bonds is 7. The Morgan fingerprint density at radius 3 is 2.44 bits per heavy atom. The SMILES string of the molecule is C=C(CC(C)(C)C)NCC(=O)N1CCC[C@H]1C(=O)NC1(C(=O)O)CC12CC2. The first kappa shape index (κ1) is 19.7. The van der Waals surface area contributed by atoms with E-state index in [0.29, 0.717) is 19.4 Å². The second-order valence-corrected chi connectivity index (χ2v) is 9.60. The first-order valence-corrected chi connectivity index (χ1v) is 9.76. The molecular weight excluding hydrogens is 346 g/mol. The lowest BCUT2D eigenvalue weighted by Crippen LogP contribution is -2.54. The lowest BCUT2D eigenvalue weighted by molar-refractivity contribution is -0.145. The molecule has 150 valence electrons. The Bertz CT molecular complexity index is 677. The van der Waals surface area contributed by atoms with Crippen molar-refractivity contribution < 1.29 is 19.5 Å². The Morgan fingerprint density at radius 2 is 1.93 bits per heavy atom. The van der Waals surface area contributed by atoms with Crippen LogP contribution in [0.25, 0.3) is 0 Å². The van der Waals surface area contributed by atoms with Crippen LogP contribution in [0.5, 0.6) is 0 Å². The second kappa shape index (κ2) is 6.53. The Morgan fingerprint density at radius 1 is 1.26 bits per heavy atom. The molecule has 0 aromatic heterocycles. The van der Waals surface area contributed by atoms with Gasteiger partial charge in [-0.3, -0.25) is 9.59 Å². The van der Waals surface area contributed by atoms with Gasteiger partial charge in [0.15, 0.2) is 0 Å². The van der Waals surface area contributed by atoms with E-state index in [1.54, 1.807) is 4.90 Å². The first-order chi connectivity index (χ1) is 12.5. The fraction of sp³-hybridized carbons (Fsp3) is 0.750. The Labute approximate surface area is 160 Å². The summed E-state index contributed by atoms with van der Waals surface area (Å²) in [7, 11) is 0. The normalized spacial score (nSPS) is 28.0. The first-order valence-electron chi connectivity index (χ1n) is 9.76. The molecular formula is C20H31N3O4. The van der Waals surface area contributed by atoms with Gasteiger partial charge in [0.05, 0.1) is 6.54 Å². The number of amides is 2. The van der Waals surface area contributed by atoms with Crippen LogP contribution in [0.2, 0.25) is 0 Å². The molecule has 7 heteroatoms. The molecule has 3 N–H and O–H groups in total. The number of carbonyl (C=O) groups excluding carboxylic acids is 2. The van der Waals surface area contributed by atoms with Gasteiger partial charge in [0.2, 0.25) is 11.8 Å². The minimum absolute atomic E-state index is 0.0807. The van der Waals surface area contributed by atoms with Crippen LogP contribution in [0, 0.1) is 10.8 Å². The van der Waals surface area contributed by atoms with Crippen molar-refractivity contribution in [2.45, 2.75) is 70.9 Å². The fourth-order valence-corrected chi connectivity index (χ4v) is 4.39. The van der Waals surface area contributed by atoms with Crippen LogP contribution in [0.3, 0.4) is 0 Å². The second-order valence-electron chi connectivity index (χ2n) is 9.60. The Kier molecular flexibility index (Phi) is 4.77. The lowest BCUT2D eigenvalue weighted by Gasteiger charge is -2.27. The third-order valence-corrected chi connectivity index (χ3v) is 6.05. The van der Waals surface area contributed by atoms with Crippen molar-refractivity contribution in [3.05, 3.63) is 12.3 Å². The average molecular weight is 377 g/mol. The third-order valence-electron chi connectivity index (χ3n) is 6.05. The molecule has 27 heavy (non-hydrogen) atoms. The van der Waals surface area contributed by atoms with E-state index in [4.69, 9.17) is 0 Å². The number of nitrogens with one attached hydrogen (secondary N) is 2. The van der Waals surface area contributed by atoms with Gasteiger partial charge in [-0.25, -0.2) is 4.79 Å². The Balaban J connectivity index is 1.55. The highest BCUT2D eigenvalue weighted by Gasteiger charge is 2.79. The molecule has 2 aliphatic carbocycles. The molecule has 1 aliphatic heterocycles. The molecule has 1 heterocycles. The number of nitrogens with zero attached hydrogens (tertiary/aromatic N) is 1. The maximum absolute atomic E-state index is 12.8. The average Bonchev–Trinajstić information content (AvgIpc) is 3.38. The highest BCUT2D eigenvalue weighted by atomic mass is 16.4. The van der Waals surface area contributed by atoms with Gasteiger partial charge in [-0.15, -0.1) is 0 Å². The molecule has 0 aromatic rings. The molecule has 3 rings (SSSR count). The molecule has 1 spiro atoms. The highest BCUT2D eigenvalue weighted by molar-refractivity contribution is 5.95. The van der Waals surface area contributed by atoms with Crippen LogP contribution < -0.4 is 10.6 Å². The van der Waals surface area contributed by atoms with Gasteiger partial charge in [0.1, 0.15) is 11.6 Å². The van der Waals surface area contributed by atoms with E-state index >= 15 is 0 Å². The van der Waals surface area contributed by atoms with Gasteiger partial charge >= 0.3 is 5.97 Å². The molecule has 1 saturated heterocycles. The summed E-state index contributed by atoms with van der Waals surface area (Å²) in [4.78, 5) is 38.6. The molecule has 3 fully saturated rings. The van der Waals surface area contributed by atoms with E-state index in [0.717, 1.165) is 31.4 Å². The number of carboxylic acids is 1.